The van der Waals surface area contributed by atoms with Gasteiger partial charge in [0.15, 0.2) is 0 Å². The van der Waals surface area contributed by atoms with E-state index in [0.29, 0.717) is 19.6 Å². The maximum atomic E-state index is 12.8. The number of carbonyl (C=O) groups excluding carboxylic acids is 1. The van der Waals surface area contributed by atoms with E-state index in [1.54, 1.807) is 7.11 Å². The van der Waals surface area contributed by atoms with Gasteiger partial charge in [-0.2, -0.15) is 0 Å². The van der Waals surface area contributed by atoms with Crippen LogP contribution in [-0.4, -0.2) is 35.7 Å². The largest absolute Gasteiger partial charge is 0.497 e. The summed E-state index contributed by atoms with van der Waals surface area (Å²) in [7, 11) is 1.66. The SMILES string of the molecule is COc1ccc(OCCCCn2c(C3CC(=O)N(c4ccccc4)C3)nc3ccccc32)cc1. The molecule has 174 valence electrons. The fourth-order valence-corrected chi connectivity index (χ4v) is 4.61. The second-order valence-electron chi connectivity index (χ2n) is 8.58. The number of rotatable bonds is 9. The number of amides is 1. The molecule has 1 aromatic heterocycles. The highest BCUT2D eigenvalue weighted by atomic mass is 16.5. The molecule has 3 aromatic carbocycles. The van der Waals surface area contributed by atoms with Gasteiger partial charge in [0.2, 0.25) is 5.91 Å². The minimum absolute atomic E-state index is 0.0793. The molecule has 1 fully saturated rings. The number of ether oxygens (including phenoxy) is 2. The number of hydrogen-bond donors (Lipinski definition) is 0. The van der Waals surface area contributed by atoms with Crippen molar-refractivity contribution in [2.75, 3.05) is 25.2 Å². The predicted molar refractivity (Wildman–Crippen MR) is 134 cm³/mol. The summed E-state index contributed by atoms with van der Waals surface area (Å²) < 4.78 is 13.4. The third-order valence-corrected chi connectivity index (χ3v) is 6.35. The fourth-order valence-electron chi connectivity index (χ4n) is 4.61. The summed E-state index contributed by atoms with van der Waals surface area (Å²) in [4.78, 5) is 19.7. The minimum Gasteiger partial charge on any atom is -0.497 e. The Morgan fingerprint density at radius 1 is 0.912 bits per heavy atom. The number of benzene rings is 3. The van der Waals surface area contributed by atoms with Crippen molar-refractivity contribution in [1.82, 2.24) is 9.55 Å². The number of carbonyl (C=O) groups is 1. The lowest BCUT2D eigenvalue weighted by Gasteiger charge is -2.17. The van der Waals surface area contributed by atoms with Gasteiger partial charge in [0, 0.05) is 31.1 Å². The number of methoxy groups -OCH3 is 1. The summed E-state index contributed by atoms with van der Waals surface area (Å²) >= 11 is 0. The van der Waals surface area contributed by atoms with Crippen molar-refractivity contribution in [3.05, 3.63) is 84.7 Å². The molecule has 1 aliphatic heterocycles. The molecule has 0 bridgehead atoms. The van der Waals surface area contributed by atoms with E-state index in [1.165, 1.54) is 0 Å². The van der Waals surface area contributed by atoms with E-state index in [4.69, 9.17) is 14.5 Å². The molecule has 1 amide bonds. The second kappa shape index (κ2) is 10.00. The number of unbranched alkanes of at least 4 members (excludes halogenated alkanes) is 1. The number of aromatic nitrogens is 2. The van der Waals surface area contributed by atoms with Gasteiger partial charge in [0.1, 0.15) is 17.3 Å². The first-order valence-electron chi connectivity index (χ1n) is 11.8. The Morgan fingerprint density at radius 2 is 1.65 bits per heavy atom. The van der Waals surface area contributed by atoms with E-state index in [1.807, 2.05) is 77.7 Å². The molecule has 6 nitrogen and oxygen atoms in total. The molecular weight excluding hydrogens is 426 g/mol. The molecule has 0 N–H and O–H groups in total. The normalized spacial score (nSPS) is 15.7. The van der Waals surface area contributed by atoms with Crippen LogP contribution < -0.4 is 14.4 Å². The van der Waals surface area contributed by atoms with E-state index in [9.17, 15) is 4.79 Å². The van der Waals surface area contributed by atoms with Crippen LogP contribution >= 0.6 is 0 Å². The van der Waals surface area contributed by atoms with Crippen LogP contribution in [0.25, 0.3) is 11.0 Å². The first-order valence-corrected chi connectivity index (χ1v) is 11.8. The summed E-state index contributed by atoms with van der Waals surface area (Å²) in [6, 6.07) is 25.8. The zero-order valence-electron chi connectivity index (χ0n) is 19.4. The molecule has 1 saturated heterocycles. The number of fused-ring (bicyclic) bond motifs is 1. The van der Waals surface area contributed by atoms with Gasteiger partial charge in [-0.3, -0.25) is 4.79 Å². The number of imidazole rings is 1. The van der Waals surface area contributed by atoms with Crippen LogP contribution in [0.3, 0.4) is 0 Å². The van der Waals surface area contributed by atoms with E-state index >= 15 is 0 Å². The summed E-state index contributed by atoms with van der Waals surface area (Å²) in [6.45, 7) is 2.16. The highest BCUT2D eigenvalue weighted by Crippen LogP contribution is 2.33. The lowest BCUT2D eigenvalue weighted by Crippen LogP contribution is -2.24. The minimum atomic E-state index is 0.0793. The number of para-hydroxylation sites is 3. The van der Waals surface area contributed by atoms with Crippen LogP contribution in [0.5, 0.6) is 11.5 Å². The summed E-state index contributed by atoms with van der Waals surface area (Å²) in [5, 5.41) is 0. The molecule has 34 heavy (non-hydrogen) atoms. The van der Waals surface area contributed by atoms with E-state index in [0.717, 1.165) is 53.4 Å². The van der Waals surface area contributed by atoms with Gasteiger partial charge in [-0.15, -0.1) is 0 Å². The van der Waals surface area contributed by atoms with Gasteiger partial charge in [-0.1, -0.05) is 30.3 Å². The molecule has 2 heterocycles. The maximum Gasteiger partial charge on any atom is 0.227 e. The first-order chi connectivity index (χ1) is 16.7. The predicted octanol–water partition coefficient (Wildman–Crippen LogP) is 5.42. The summed E-state index contributed by atoms with van der Waals surface area (Å²) in [6.07, 6.45) is 2.38. The van der Waals surface area contributed by atoms with Crippen molar-refractivity contribution in [3.8, 4) is 11.5 Å². The van der Waals surface area contributed by atoms with Crippen LogP contribution in [0, 0.1) is 0 Å². The number of aryl methyl sites for hydroxylation is 1. The molecule has 0 saturated carbocycles. The average molecular weight is 456 g/mol. The fraction of sp³-hybridized carbons (Fsp3) is 0.286. The monoisotopic (exact) mass is 455 g/mol. The van der Waals surface area contributed by atoms with Gasteiger partial charge < -0.3 is 18.9 Å². The quantitative estimate of drug-likeness (QED) is 0.316. The van der Waals surface area contributed by atoms with Crippen LogP contribution in [0.2, 0.25) is 0 Å². The molecule has 5 rings (SSSR count). The Hall–Kier alpha value is -3.80. The topological polar surface area (TPSA) is 56.6 Å². The van der Waals surface area contributed by atoms with Crippen LogP contribution in [0.4, 0.5) is 5.69 Å². The van der Waals surface area contributed by atoms with Crippen LogP contribution in [0.1, 0.15) is 31.0 Å². The molecule has 0 spiro atoms. The Labute approximate surface area is 199 Å². The van der Waals surface area contributed by atoms with Crippen molar-refractivity contribution < 1.29 is 14.3 Å². The van der Waals surface area contributed by atoms with Gasteiger partial charge in [0.05, 0.1) is 24.8 Å². The molecule has 4 aromatic rings. The average Bonchev–Trinajstić information content (AvgIpc) is 3.45. The zero-order valence-corrected chi connectivity index (χ0v) is 19.4. The van der Waals surface area contributed by atoms with Gasteiger partial charge in [-0.05, 0) is 61.4 Å². The second-order valence-corrected chi connectivity index (χ2v) is 8.58. The molecular formula is C28H29N3O3. The van der Waals surface area contributed by atoms with E-state index in [2.05, 4.69) is 10.6 Å². The van der Waals surface area contributed by atoms with Crippen molar-refractivity contribution in [3.63, 3.8) is 0 Å². The smallest absolute Gasteiger partial charge is 0.227 e. The molecule has 0 radical (unpaired) electrons. The van der Waals surface area contributed by atoms with E-state index in [-0.39, 0.29) is 11.8 Å². The van der Waals surface area contributed by atoms with Gasteiger partial charge >= 0.3 is 0 Å². The number of anilines is 1. The van der Waals surface area contributed by atoms with Crippen molar-refractivity contribution >= 4 is 22.6 Å². The summed E-state index contributed by atoms with van der Waals surface area (Å²) in [5.74, 6) is 2.91. The lowest BCUT2D eigenvalue weighted by molar-refractivity contribution is -0.117. The molecule has 1 unspecified atom stereocenters. The Morgan fingerprint density at radius 3 is 2.44 bits per heavy atom. The molecule has 0 aliphatic carbocycles. The third kappa shape index (κ3) is 4.62. The molecule has 6 heteroatoms. The molecule has 1 atom stereocenters. The highest BCUT2D eigenvalue weighted by Gasteiger charge is 2.34. The Bertz CT molecular complexity index is 1250. The number of hydrogen-bond acceptors (Lipinski definition) is 4. The lowest BCUT2D eigenvalue weighted by atomic mass is 10.1. The van der Waals surface area contributed by atoms with Crippen LogP contribution in [0.15, 0.2) is 78.9 Å². The zero-order chi connectivity index (χ0) is 23.3. The molecule has 1 aliphatic rings. The third-order valence-electron chi connectivity index (χ3n) is 6.35. The van der Waals surface area contributed by atoms with Crippen molar-refractivity contribution in [2.24, 2.45) is 0 Å². The van der Waals surface area contributed by atoms with Gasteiger partial charge in [-0.25, -0.2) is 4.98 Å². The number of nitrogens with zero attached hydrogens (tertiary/aromatic N) is 3. The first kappa shape index (κ1) is 22.0. The van der Waals surface area contributed by atoms with Crippen molar-refractivity contribution in [2.45, 2.75) is 31.7 Å². The van der Waals surface area contributed by atoms with Gasteiger partial charge in [0.25, 0.3) is 0 Å². The van der Waals surface area contributed by atoms with E-state index < -0.39 is 0 Å². The summed E-state index contributed by atoms with van der Waals surface area (Å²) in [5.41, 5.74) is 3.06. The van der Waals surface area contributed by atoms with Crippen LogP contribution in [-0.2, 0) is 11.3 Å². The van der Waals surface area contributed by atoms with Crippen molar-refractivity contribution in [1.29, 1.82) is 0 Å². The Balaban J connectivity index is 1.26. The Kier molecular flexibility index (Phi) is 6.47. The highest BCUT2D eigenvalue weighted by molar-refractivity contribution is 5.96. The standard InChI is InChI=1S/C28H29N3O3/c1-33-23-13-15-24(16-14-23)34-18-8-7-17-30-26-12-6-5-11-25(26)29-28(30)21-19-27(32)31(20-21)22-9-3-2-4-10-22/h2-6,9-16,21H,7-8,17-20H2,1H3. The maximum absolute atomic E-state index is 12.8.